The lowest BCUT2D eigenvalue weighted by molar-refractivity contribution is -0.215. The fourth-order valence-electron chi connectivity index (χ4n) is 1.75. The lowest BCUT2D eigenvalue weighted by Crippen LogP contribution is -2.54. The number of Topliss-reactive ketones (excluding diaryl/α,β-unsaturated/α-hetero) is 1. The predicted molar refractivity (Wildman–Crippen MR) is 66.5 cm³/mol. The van der Waals surface area contributed by atoms with E-state index < -0.39 is 17.0 Å². The topological polar surface area (TPSA) is 73.1 Å². The van der Waals surface area contributed by atoms with Crippen LogP contribution >= 0.6 is 0 Å². The van der Waals surface area contributed by atoms with Gasteiger partial charge < -0.3 is 5.11 Å². The zero-order chi connectivity index (χ0) is 13.6. The van der Waals surface area contributed by atoms with Crippen molar-refractivity contribution >= 4 is 11.6 Å². The summed E-state index contributed by atoms with van der Waals surface area (Å²) in [6, 6.07) is 8.53. The number of carbonyl (C=O) groups excluding carboxylic acids is 1. The van der Waals surface area contributed by atoms with Gasteiger partial charge >= 0.3 is 0 Å². The van der Waals surface area contributed by atoms with Gasteiger partial charge in [-0.15, -0.1) is 0 Å². The third kappa shape index (κ3) is 1.72. The van der Waals surface area contributed by atoms with E-state index >= 15 is 0 Å². The first-order valence-corrected chi connectivity index (χ1v) is 5.68. The largest absolute Gasteiger partial charge is 0.367 e. The van der Waals surface area contributed by atoms with E-state index in [-0.39, 0.29) is 5.84 Å². The molecule has 0 aromatic heterocycles. The molecule has 2 rings (SSSR count). The highest BCUT2D eigenvalue weighted by atomic mass is 16.5. The summed E-state index contributed by atoms with van der Waals surface area (Å²) in [6.07, 6.45) is 0. The maximum absolute atomic E-state index is 12.2. The molecule has 1 aliphatic rings. The van der Waals surface area contributed by atoms with Crippen LogP contribution < -0.4 is 0 Å². The van der Waals surface area contributed by atoms with Gasteiger partial charge in [-0.3, -0.25) is 15.0 Å². The van der Waals surface area contributed by atoms with Crippen LogP contribution in [0.25, 0.3) is 0 Å². The number of benzene rings is 1. The van der Waals surface area contributed by atoms with Gasteiger partial charge in [-0.05, 0) is 20.8 Å². The molecule has 1 aliphatic heterocycles. The van der Waals surface area contributed by atoms with Crippen molar-refractivity contribution in [2.24, 2.45) is 4.99 Å². The molecule has 96 valence electrons. The molecule has 0 bridgehead atoms. The smallest absolute Gasteiger partial charge is 0.230 e. The molecule has 0 saturated heterocycles. The minimum absolute atomic E-state index is 0.142. The Balaban J connectivity index is 2.40. The fourth-order valence-corrected chi connectivity index (χ4v) is 1.75. The van der Waals surface area contributed by atoms with Crippen LogP contribution in [0, 0.1) is 0 Å². The van der Waals surface area contributed by atoms with Crippen LogP contribution in [-0.2, 0) is 0 Å². The number of hydroxylamine groups is 2. The maximum Gasteiger partial charge on any atom is 0.230 e. The quantitative estimate of drug-likeness (QED) is 0.777. The highest BCUT2D eigenvalue weighted by Gasteiger charge is 2.53. The second-order valence-corrected chi connectivity index (χ2v) is 5.02. The molecule has 0 radical (unpaired) electrons. The average Bonchev–Trinajstić information content (AvgIpc) is 2.50. The highest BCUT2D eigenvalue weighted by Crippen LogP contribution is 2.35. The molecular formula is C13H16N2O3. The van der Waals surface area contributed by atoms with Crippen molar-refractivity contribution in [1.82, 2.24) is 5.06 Å². The van der Waals surface area contributed by atoms with Crippen molar-refractivity contribution in [3.8, 4) is 0 Å². The second-order valence-electron chi connectivity index (χ2n) is 5.02. The molecule has 0 unspecified atom stereocenters. The van der Waals surface area contributed by atoms with Crippen LogP contribution in [0.3, 0.4) is 0 Å². The minimum Gasteiger partial charge on any atom is -0.367 e. The van der Waals surface area contributed by atoms with Crippen LogP contribution in [0.4, 0.5) is 0 Å². The number of ketones is 1. The zero-order valence-corrected chi connectivity index (χ0v) is 10.6. The molecule has 2 N–H and O–H groups in total. The number of aliphatic imine (C=N–C) groups is 1. The summed E-state index contributed by atoms with van der Waals surface area (Å²) < 4.78 is 0. The second kappa shape index (κ2) is 3.90. The minimum atomic E-state index is -1.60. The molecule has 1 aromatic carbocycles. The molecule has 18 heavy (non-hydrogen) atoms. The van der Waals surface area contributed by atoms with Crippen LogP contribution in [0.5, 0.6) is 0 Å². The molecule has 0 saturated carbocycles. The van der Waals surface area contributed by atoms with Gasteiger partial charge in [0.15, 0.2) is 11.6 Å². The van der Waals surface area contributed by atoms with E-state index in [4.69, 9.17) is 0 Å². The predicted octanol–water partition coefficient (Wildman–Crippen LogP) is 1.46. The van der Waals surface area contributed by atoms with Gasteiger partial charge in [0.1, 0.15) is 5.54 Å². The van der Waals surface area contributed by atoms with Gasteiger partial charge in [0.25, 0.3) is 0 Å². The van der Waals surface area contributed by atoms with Crippen LogP contribution in [-0.4, -0.2) is 38.3 Å². The SMILES string of the molecule is CC1(C)N=C(C(=O)c2ccccc2)N(O)[C@@]1(C)O. The molecule has 5 heteroatoms. The van der Waals surface area contributed by atoms with Crippen molar-refractivity contribution in [1.29, 1.82) is 0 Å². The molecule has 5 nitrogen and oxygen atoms in total. The van der Waals surface area contributed by atoms with Gasteiger partial charge in [0.2, 0.25) is 5.78 Å². The summed E-state index contributed by atoms with van der Waals surface area (Å²) in [5, 5.41) is 20.6. The van der Waals surface area contributed by atoms with Gasteiger partial charge in [-0.1, -0.05) is 30.3 Å². The molecule has 0 amide bonds. The van der Waals surface area contributed by atoms with E-state index in [0.717, 1.165) is 0 Å². The van der Waals surface area contributed by atoms with E-state index in [1.165, 1.54) is 6.92 Å². The summed E-state index contributed by atoms with van der Waals surface area (Å²) in [7, 11) is 0. The molecule has 0 fully saturated rings. The Hall–Kier alpha value is -1.72. The molecule has 0 spiro atoms. The van der Waals surface area contributed by atoms with Crippen molar-refractivity contribution in [3.63, 3.8) is 0 Å². The van der Waals surface area contributed by atoms with Gasteiger partial charge in [-0.2, -0.15) is 0 Å². The number of aliphatic hydroxyl groups is 1. The third-order valence-corrected chi connectivity index (χ3v) is 3.40. The highest BCUT2D eigenvalue weighted by molar-refractivity contribution is 6.45. The van der Waals surface area contributed by atoms with Crippen molar-refractivity contribution in [2.45, 2.75) is 32.0 Å². The van der Waals surface area contributed by atoms with E-state index in [0.29, 0.717) is 10.6 Å². The summed E-state index contributed by atoms with van der Waals surface area (Å²) in [4.78, 5) is 16.3. The number of rotatable bonds is 2. The number of carbonyl (C=O) groups is 1. The monoisotopic (exact) mass is 248 g/mol. The molecule has 1 heterocycles. The average molecular weight is 248 g/mol. The first-order valence-electron chi connectivity index (χ1n) is 5.68. The summed E-state index contributed by atoms with van der Waals surface area (Å²) >= 11 is 0. The van der Waals surface area contributed by atoms with E-state index in [2.05, 4.69) is 4.99 Å². The molecule has 0 aliphatic carbocycles. The Bertz CT molecular complexity index is 506. The number of hydrogen-bond donors (Lipinski definition) is 2. The van der Waals surface area contributed by atoms with Gasteiger partial charge in [0.05, 0.1) is 0 Å². The zero-order valence-electron chi connectivity index (χ0n) is 10.6. The first-order chi connectivity index (χ1) is 8.27. The lowest BCUT2D eigenvalue weighted by atomic mass is 9.94. The standard InChI is InChI=1S/C13H16N2O3/c1-12(2)13(3,17)15(18)11(14-12)10(16)9-7-5-4-6-8-9/h4-8,17-18H,1-3H3/t13-/m0/s1. The Labute approximate surface area is 105 Å². The first kappa shape index (κ1) is 12.7. The maximum atomic E-state index is 12.2. The van der Waals surface area contributed by atoms with Crippen LogP contribution in [0.2, 0.25) is 0 Å². The lowest BCUT2D eigenvalue weighted by Gasteiger charge is -2.34. The Morgan fingerprint density at radius 1 is 1.22 bits per heavy atom. The van der Waals surface area contributed by atoms with Crippen molar-refractivity contribution < 1.29 is 15.1 Å². The number of nitrogens with zero attached hydrogens (tertiary/aromatic N) is 2. The van der Waals surface area contributed by atoms with Crippen molar-refractivity contribution in [3.05, 3.63) is 35.9 Å². The van der Waals surface area contributed by atoms with Gasteiger partial charge in [-0.25, -0.2) is 5.06 Å². The molecular weight excluding hydrogens is 232 g/mol. The number of hydrogen-bond acceptors (Lipinski definition) is 5. The Morgan fingerprint density at radius 3 is 2.22 bits per heavy atom. The fraction of sp³-hybridized carbons (Fsp3) is 0.385. The van der Waals surface area contributed by atoms with Gasteiger partial charge in [0, 0.05) is 5.56 Å². The molecule has 1 atom stereocenters. The summed E-state index contributed by atoms with van der Waals surface area (Å²) in [5.74, 6) is -0.555. The normalized spacial score (nSPS) is 26.1. The third-order valence-electron chi connectivity index (χ3n) is 3.40. The molecule has 1 aromatic rings. The van der Waals surface area contributed by atoms with E-state index in [9.17, 15) is 15.1 Å². The van der Waals surface area contributed by atoms with E-state index in [1.54, 1.807) is 44.2 Å². The van der Waals surface area contributed by atoms with Crippen molar-refractivity contribution in [2.75, 3.05) is 0 Å². The Kier molecular flexibility index (Phi) is 2.76. The van der Waals surface area contributed by atoms with E-state index in [1.807, 2.05) is 0 Å². The van der Waals surface area contributed by atoms with Crippen LogP contribution in [0.1, 0.15) is 31.1 Å². The van der Waals surface area contributed by atoms with Crippen LogP contribution in [0.15, 0.2) is 35.3 Å². The summed E-state index contributed by atoms with van der Waals surface area (Å²) in [6.45, 7) is 4.73. The summed E-state index contributed by atoms with van der Waals surface area (Å²) in [5.41, 5.74) is -2.14. The Morgan fingerprint density at radius 2 is 1.78 bits per heavy atom. The number of amidine groups is 1.